The predicted molar refractivity (Wildman–Crippen MR) is 124 cm³/mol. The number of ether oxygens (including phenoxy) is 1. The van der Waals surface area contributed by atoms with E-state index in [0.29, 0.717) is 21.4 Å². The van der Waals surface area contributed by atoms with Crippen molar-refractivity contribution in [1.29, 1.82) is 5.26 Å². The molecular weight excluding hydrogens is 431 g/mol. The average molecular weight is 451 g/mol. The minimum atomic E-state index is -0.446. The second kappa shape index (κ2) is 10.7. The molecule has 0 aliphatic heterocycles. The van der Waals surface area contributed by atoms with E-state index in [1.165, 1.54) is 6.08 Å². The van der Waals surface area contributed by atoms with Crippen molar-refractivity contribution in [2.45, 2.75) is 19.6 Å². The molecule has 0 fully saturated rings. The van der Waals surface area contributed by atoms with E-state index in [0.717, 1.165) is 11.1 Å². The van der Waals surface area contributed by atoms with Gasteiger partial charge in [-0.1, -0.05) is 77.8 Å². The topological polar surface area (TPSA) is 62.1 Å². The Labute approximate surface area is 191 Å². The van der Waals surface area contributed by atoms with Crippen molar-refractivity contribution in [3.05, 3.63) is 105 Å². The number of rotatable bonds is 7. The molecule has 1 N–H and O–H groups in total. The molecule has 3 aromatic carbocycles. The zero-order valence-corrected chi connectivity index (χ0v) is 18.3. The number of para-hydroxylation sites is 1. The van der Waals surface area contributed by atoms with E-state index in [9.17, 15) is 10.1 Å². The molecule has 1 amide bonds. The zero-order chi connectivity index (χ0) is 22.2. The summed E-state index contributed by atoms with van der Waals surface area (Å²) in [6.45, 7) is 2.14. The van der Waals surface area contributed by atoms with Crippen LogP contribution in [0.1, 0.15) is 29.7 Å². The lowest BCUT2D eigenvalue weighted by molar-refractivity contribution is -0.117. The van der Waals surface area contributed by atoms with E-state index >= 15 is 0 Å². The van der Waals surface area contributed by atoms with Crippen LogP contribution in [0.2, 0.25) is 10.0 Å². The van der Waals surface area contributed by atoms with Gasteiger partial charge in [-0.2, -0.15) is 5.26 Å². The van der Waals surface area contributed by atoms with Gasteiger partial charge in [-0.3, -0.25) is 4.79 Å². The predicted octanol–water partition coefficient (Wildman–Crippen LogP) is 6.36. The molecule has 3 aromatic rings. The summed E-state index contributed by atoms with van der Waals surface area (Å²) in [6.07, 6.45) is 1.53. The van der Waals surface area contributed by atoms with Crippen LogP contribution in [0.4, 0.5) is 0 Å². The van der Waals surface area contributed by atoms with Crippen molar-refractivity contribution in [2.24, 2.45) is 0 Å². The Kier molecular flexibility index (Phi) is 7.72. The number of amides is 1. The molecule has 4 nitrogen and oxygen atoms in total. The largest absolute Gasteiger partial charge is 0.488 e. The van der Waals surface area contributed by atoms with Gasteiger partial charge in [0.05, 0.1) is 16.1 Å². The Morgan fingerprint density at radius 3 is 2.48 bits per heavy atom. The summed E-state index contributed by atoms with van der Waals surface area (Å²) in [5, 5.41) is 13.3. The SMILES string of the molecule is C[C@H](NC(=O)/C(C#N)=C\c1ccccc1OCc1ccc(Cl)c(Cl)c1)c1ccccc1. The van der Waals surface area contributed by atoms with E-state index in [1.807, 2.05) is 61.5 Å². The van der Waals surface area contributed by atoms with Gasteiger partial charge in [-0.25, -0.2) is 0 Å². The van der Waals surface area contributed by atoms with Crippen LogP contribution in [0.5, 0.6) is 5.75 Å². The summed E-state index contributed by atoms with van der Waals surface area (Å²) in [5.41, 5.74) is 2.43. The smallest absolute Gasteiger partial charge is 0.262 e. The van der Waals surface area contributed by atoms with Crippen molar-refractivity contribution in [3.8, 4) is 11.8 Å². The number of carbonyl (C=O) groups is 1. The Morgan fingerprint density at radius 1 is 1.06 bits per heavy atom. The van der Waals surface area contributed by atoms with Crippen molar-refractivity contribution in [3.63, 3.8) is 0 Å². The fraction of sp³-hybridized carbons (Fsp3) is 0.120. The molecule has 0 saturated heterocycles. The van der Waals surface area contributed by atoms with Crippen LogP contribution >= 0.6 is 23.2 Å². The first-order valence-corrected chi connectivity index (χ1v) is 10.4. The summed E-state index contributed by atoms with van der Waals surface area (Å²) in [5.74, 6) is 0.100. The molecule has 0 saturated carbocycles. The van der Waals surface area contributed by atoms with E-state index in [2.05, 4.69) is 5.32 Å². The normalized spacial score (nSPS) is 12.0. The van der Waals surface area contributed by atoms with Crippen LogP contribution in [0, 0.1) is 11.3 Å². The van der Waals surface area contributed by atoms with Crippen LogP contribution in [0.25, 0.3) is 6.08 Å². The fourth-order valence-corrected chi connectivity index (χ4v) is 3.25. The van der Waals surface area contributed by atoms with Gasteiger partial charge in [-0.15, -0.1) is 0 Å². The lowest BCUT2D eigenvalue weighted by Crippen LogP contribution is -2.27. The number of hydrogen-bond acceptors (Lipinski definition) is 3. The van der Waals surface area contributed by atoms with Gasteiger partial charge in [0, 0.05) is 5.56 Å². The van der Waals surface area contributed by atoms with E-state index in [-0.39, 0.29) is 18.2 Å². The summed E-state index contributed by atoms with van der Waals surface area (Å²) < 4.78 is 5.91. The number of nitrogens with one attached hydrogen (secondary N) is 1. The lowest BCUT2D eigenvalue weighted by Gasteiger charge is -2.14. The number of nitriles is 1. The van der Waals surface area contributed by atoms with Crippen LogP contribution in [-0.4, -0.2) is 5.91 Å². The highest BCUT2D eigenvalue weighted by atomic mass is 35.5. The van der Waals surface area contributed by atoms with Gasteiger partial charge in [-0.05, 0) is 42.3 Å². The molecule has 1 atom stereocenters. The maximum Gasteiger partial charge on any atom is 0.262 e. The molecule has 0 aliphatic rings. The number of benzene rings is 3. The van der Waals surface area contributed by atoms with Crippen LogP contribution in [-0.2, 0) is 11.4 Å². The number of carbonyl (C=O) groups excluding carboxylic acids is 1. The van der Waals surface area contributed by atoms with Gasteiger partial charge >= 0.3 is 0 Å². The second-order valence-electron chi connectivity index (χ2n) is 6.85. The molecule has 0 bridgehead atoms. The summed E-state index contributed by atoms with van der Waals surface area (Å²) in [6, 6.07) is 23.8. The third-order valence-corrected chi connectivity index (χ3v) is 5.35. The van der Waals surface area contributed by atoms with Crippen molar-refractivity contribution in [1.82, 2.24) is 5.32 Å². The molecule has 31 heavy (non-hydrogen) atoms. The molecule has 3 rings (SSSR count). The van der Waals surface area contributed by atoms with E-state index in [4.69, 9.17) is 27.9 Å². The first-order valence-electron chi connectivity index (χ1n) is 9.61. The number of nitrogens with zero attached hydrogens (tertiary/aromatic N) is 1. The molecule has 0 aromatic heterocycles. The van der Waals surface area contributed by atoms with Crippen molar-refractivity contribution >= 4 is 35.2 Å². The molecule has 0 radical (unpaired) electrons. The Hall–Kier alpha value is -3.26. The van der Waals surface area contributed by atoms with Crippen molar-refractivity contribution in [2.75, 3.05) is 0 Å². The number of halogens is 2. The Balaban J connectivity index is 1.75. The molecule has 0 unspecified atom stereocenters. The van der Waals surface area contributed by atoms with Gasteiger partial charge in [0.2, 0.25) is 0 Å². The maximum absolute atomic E-state index is 12.7. The van der Waals surface area contributed by atoms with Gasteiger partial charge < -0.3 is 10.1 Å². The Morgan fingerprint density at radius 2 is 1.77 bits per heavy atom. The lowest BCUT2D eigenvalue weighted by atomic mass is 10.1. The summed E-state index contributed by atoms with van der Waals surface area (Å²) >= 11 is 12.0. The molecule has 0 aliphatic carbocycles. The Bertz CT molecular complexity index is 1140. The number of hydrogen-bond donors (Lipinski definition) is 1. The summed E-state index contributed by atoms with van der Waals surface area (Å²) in [7, 11) is 0. The highest BCUT2D eigenvalue weighted by Gasteiger charge is 2.14. The van der Waals surface area contributed by atoms with Gasteiger partial charge in [0.25, 0.3) is 5.91 Å². The van der Waals surface area contributed by atoms with Crippen LogP contribution < -0.4 is 10.1 Å². The average Bonchev–Trinajstić information content (AvgIpc) is 2.79. The zero-order valence-electron chi connectivity index (χ0n) is 16.8. The first-order chi connectivity index (χ1) is 15.0. The first kappa shape index (κ1) is 22.4. The van der Waals surface area contributed by atoms with Crippen LogP contribution in [0.3, 0.4) is 0 Å². The van der Waals surface area contributed by atoms with Crippen molar-refractivity contribution < 1.29 is 9.53 Å². The minimum absolute atomic E-state index is 0.00614. The fourth-order valence-electron chi connectivity index (χ4n) is 2.93. The van der Waals surface area contributed by atoms with Gasteiger partial charge in [0.1, 0.15) is 24.0 Å². The van der Waals surface area contributed by atoms with E-state index < -0.39 is 5.91 Å². The molecule has 0 heterocycles. The highest BCUT2D eigenvalue weighted by Crippen LogP contribution is 2.25. The minimum Gasteiger partial charge on any atom is -0.488 e. The standard InChI is InChI=1S/C25H20Cl2N2O2/c1-17(19-7-3-2-4-8-19)29-25(30)21(15-28)14-20-9-5-6-10-24(20)31-16-18-11-12-22(26)23(27)13-18/h2-14,17H,16H2,1H3,(H,29,30)/b21-14-/t17-/m0/s1. The third kappa shape index (κ3) is 6.11. The third-order valence-electron chi connectivity index (χ3n) is 4.61. The molecule has 156 valence electrons. The monoisotopic (exact) mass is 450 g/mol. The van der Waals surface area contributed by atoms with E-state index in [1.54, 1.807) is 24.3 Å². The quantitative estimate of drug-likeness (QED) is 0.336. The second-order valence-corrected chi connectivity index (χ2v) is 7.67. The molecular formula is C25H20Cl2N2O2. The highest BCUT2D eigenvalue weighted by molar-refractivity contribution is 6.42. The molecule has 6 heteroatoms. The maximum atomic E-state index is 12.7. The molecule has 0 spiro atoms. The van der Waals surface area contributed by atoms with Gasteiger partial charge in [0.15, 0.2) is 0 Å². The van der Waals surface area contributed by atoms with Crippen LogP contribution in [0.15, 0.2) is 78.4 Å². The summed E-state index contributed by atoms with van der Waals surface area (Å²) in [4.78, 5) is 12.7.